The number of nitrogens with one attached hydrogen (secondary N) is 1. The van der Waals surface area contributed by atoms with E-state index in [1.165, 1.54) is 0 Å². The molecule has 6 heteroatoms. The van der Waals surface area contributed by atoms with E-state index in [1.807, 2.05) is 0 Å². The highest BCUT2D eigenvalue weighted by Crippen LogP contribution is 2.24. The van der Waals surface area contributed by atoms with Crippen LogP contribution in [0.2, 0.25) is 0 Å². The van der Waals surface area contributed by atoms with Crippen molar-refractivity contribution in [1.29, 1.82) is 0 Å². The first kappa shape index (κ1) is 15.5. The zero-order valence-electron chi connectivity index (χ0n) is 12.6. The third-order valence-electron chi connectivity index (χ3n) is 3.86. The highest BCUT2D eigenvalue weighted by Gasteiger charge is 2.27. The Morgan fingerprint density at radius 2 is 2.05 bits per heavy atom. The zero-order chi connectivity index (χ0) is 15.4. The lowest BCUT2D eigenvalue weighted by molar-refractivity contribution is -0.142. The van der Waals surface area contributed by atoms with Crippen molar-refractivity contribution in [3.05, 3.63) is 18.0 Å². The van der Waals surface area contributed by atoms with E-state index in [1.54, 1.807) is 17.1 Å². The molecule has 0 radical (unpaired) electrons. The van der Waals surface area contributed by atoms with Gasteiger partial charge < -0.3 is 10.4 Å². The summed E-state index contributed by atoms with van der Waals surface area (Å²) in [5, 5.41) is 16.1. The number of carboxylic acids is 1. The van der Waals surface area contributed by atoms with Gasteiger partial charge in [0.05, 0.1) is 17.7 Å². The molecule has 1 aliphatic carbocycles. The van der Waals surface area contributed by atoms with E-state index in [4.69, 9.17) is 5.11 Å². The predicted octanol–water partition coefficient (Wildman–Crippen LogP) is 1.91. The van der Waals surface area contributed by atoms with E-state index < -0.39 is 5.97 Å². The molecule has 0 bridgehead atoms. The molecule has 1 heterocycles. The van der Waals surface area contributed by atoms with Crippen LogP contribution in [-0.4, -0.2) is 32.8 Å². The maximum absolute atomic E-state index is 12.1. The third kappa shape index (κ3) is 4.31. The molecular formula is C15H23N3O3. The van der Waals surface area contributed by atoms with Gasteiger partial charge in [0, 0.05) is 18.8 Å². The molecule has 1 fully saturated rings. The fourth-order valence-electron chi connectivity index (χ4n) is 2.71. The quantitative estimate of drug-likeness (QED) is 0.868. The number of carbonyl (C=O) groups is 2. The molecule has 0 saturated heterocycles. The van der Waals surface area contributed by atoms with Gasteiger partial charge in [-0.15, -0.1) is 0 Å². The summed E-state index contributed by atoms with van der Waals surface area (Å²) in [6, 6.07) is 0.0709. The van der Waals surface area contributed by atoms with E-state index in [9.17, 15) is 9.59 Å². The molecule has 116 valence electrons. The van der Waals surface area contributed by atoms with Gasteiger partial charge in [-0.05, 0) is 31.6 Å². The first-order chi connectivity index (χ1) is 9.95. The fourth-order valence-corrected chi connectivity index (χ4v) is 2.71. The van der Waals surface area contributed by atoms with Gasteiger partial charge >= 0.3 is 5.97 Å². The van der Waals surface area contributed by atoms with E-state index in [-0.39, 0.29) is 17.9 Å². The Morgan fingerprint density at radius 3 is 2.62 bits per heavy atom. The SMILES string of the molecule is CC(C)Cn1cc(C(=O)NC2CCC(C(=O)O)CC2)cn1. The van der Waals surface area contributed by atoms with E-state index in [0.29, 0.717) is 24.3 Å². The van der Waals surface area contributed by atoms with E-state index >= 15 is 0 Å². The van der Waals surface area contributed by atoms with E-state index in [2.05, 4.69) is 24.3 Å². The smallest absolute Gasteiger partial charge is 0.306 e. The van der Waals surface area contributed by atoms with Crippen molar-refractivity contribution < 1.29 is 14.7 Å². The molecule has 1 saturated carbocycles. The molecule has 0 spiro atoms. The molecule has 0 aromatic carbocycles. The van der Waals surface area contributed by atoms with Crippen LogP contribution in [0.1, 0.15) is 49.9 Å². The van der Waals surface area contributed by atoms with Gasteiger partial charge in [-0.1, -0.05) is 13.8 Å². The first-order valence-corrected chi connectivity index (χ1v) is 7.52. The summed E-state index contributed by atoms with van der Waals surface area (Å²) < 4.78 is 1.78. The Bertz CT molecular complexity index is 502. The molecule has 0 unspecified atom stereocenters. The molecule has 0 aliphatic heterocycles. The van der Waals surface area contributed by atoms with Crippen LogP contribution in [0.25, 0.3) is 0 Å². The second-order valence-corrected chi connectivity index (χ2v) is 6.21. The molecule has 1 amide bonds. The fraction of sp³-hybridized carbons (Fsp3) is 0.667. The Labute approximate surface area is 124 Å². The van der Waals surface area contributed by atoms with Crippen LogP contribution in [0, 0.1) is 11.8 Å². The summed E-state index contributed by atoms with van der Waals surface area (Å²) in [7, 11) is 0. The average Bonchev–Trinajstić information content (AvgIpc) is 2.87. The van der Waals surface area contributed by atoms with Gasteiger partial charge in [-0.3, -0.25) is 14.3 Å². The minimum Gasteiger partial charge on any atom is -0.481 e. The molecule has 21 heavy (non-hydrogen) atoms. The first-order valence-electron chi connectivity index (χ1n) is 7.52. The zero-order valence-corrected chi connectivity index (χ0v) is 12.6. The summed E-state index contributed by atoms with van der Waals surface area (Å²) in [6.45, 7) is 4.99. The minimum atomic E-state index is -0.727. The Morgan fingerprint density at radius 1 is 1.38 bits per heavy atom. The molecule has 2 N–H and O–H groups in total. The second-order valence-electron chi connectivity index (χ2n) is 6.21. The van der Waals surface area contributed by atoms with Crippen LogP contribution >= 0.6 is 0 Å². The molecular weight excluding hydrogens is 270 g/mol. The van der Waals surface area contributed by atoms with Gasteiger partial charge in [0.1, 0.15) is 0 Å². The van der Waals surface area contributed by atoms with Gasteiger partial charge in [0.25, 0.3) is 5.91 Å². The van der Waals surface area contributed by atoms with Crippen molar-refractivity contribution in [1.82, 2.24) is 15.1 Å². The summed E-state index contributed by atoms with van der Waals surface area (Å²) in [5.74, 6) is -0.627. The highest BCUT2D eigenvalue weighted by atomic mass is 16.4. The number of hydrogen-bond acceptors (Lipinski definition) is 3. The molecule has 2 rings (SSSR count). The maximum Gasteiger partial charge on any atom is 0.306 e. The highest BCUT2D eigenvalue weighted by molar-refractivity contribution is 5.93. The van der Waals surface area contributed by atoms with Crippen molar-refractivity contribution in [3.63, 3.8) is 0 Å². The Hall–Kier alpha value is -1.85. The number of amides is 1. The lowest BCUT2D eigenvalue weighted by atomic mass is 9.86. The number of aliphatic carboxylic acids is 1. The van der Waals surface area contributed by atoms with Gasteiger partial charge in [-0.2, -0.15) is 5.10 Å². The largest absolute Gasteiger partial charge is 0.481 e. The van der Waals surface area contributed by atoms with Crippen LogP contribution in [0.4, 0.5) is 0 Å². The van der Waals surface area contributed by atoms with Crippen LogP contribution in [-0.2, 0) is 11.3 Å². The maximum atomic E-state index is 12.1. The number of nitrogens with zero attached hydrogens (tertiary/aromatic N) is 2. The number of rotatable bonds is 5. The van der Waals surface area contributed by atoms with Gasteiger partial charge in [0.2, 0.25) is 0 Å². The monoisotopic (exact) mass is 293 g/mol. The summed E-state index contributed by atoms with van der Waals surface area (Å²) >= 11 is 0. The number of carboxylic acid groups (broad SMARTS) is 1. The second kappa shape index (κ2) is 6.74. The summed E-state index contributed by atoms with van der Waals surface area (Å²) in [5.41, 5.74) is 0.566. The topological polar surface area (TPSA) is 84.2 Å². The van der Waals surface area contributed by atoms with Crippen LogP contribution < -0.4 is 5.32 Å². The van der Waals surface area contributed by atoms with Crippen LogP contribution in [0.3, 0.4) is 0 Å². The number of hydrogen-bond donors (Lipinski definition) is 2. The predicted molar refractivity (Wildman–Crippen MR) is 77.9 cm³/mol. The van der Waals surface area contributed by atoms with Crippen molar-refractivity contribution in [2.45, 2.75) is 52.1 Å². The van der Waals surface area contributed by atoms with Gasteiger partial charge in [0.15, 0.2) is 0 Å². The van der Waals surface area contributed by atoms with Crippen LogP contribution in [0.15, 0.2) is 12.4 Å². The van der Waals surface area contributed by atoms with Crippen molar-refractivity contribution in [3.8, 4) is 0 Å². The summed E-state index contributed by atoms with van der Waals surface area (Å²) in [6.07, 6.45) is 6.06. The molecule has 1 aromatic rings. The lowest BCUT2D eigenvalue weighted by Gasteiger charge is -2.26. The van der Waals surface area contributed by atoms with Crippen LogP contribution in [0.5, 0.6) is 0 Å². The standard InChI is InChI=1S/C15H23N3O3/c1-10(2)8-18-9-12(7-16-18)14(19)17-13-5-3-11(4-6-13)15(20)21/h7,9-11,13H,3-6,8H2,1-2H3,(H,17,19)(H,20,21). The molecule has 0 atom stereocenters. The lowest BCUT2D eigenvalue weighted by Crippen LogP contribution is -2.38. The number of carbonyl (C=O) groups excluding carboxylic acids is 1. The number of aromatic nitrogens is 2. The molecule has 1 aromatic heterocycles. The Balaban J connectivity index is 1.85. The average molecular weight is 293 g/mol. The minimum absolute atomic E-state index is 0.0709. The Kier molecular flexibility index (Phi) is 4.98. The van der Waals surface area contributed by atoms with Gasteiger partial charge in [-0.25, -0.2) is 0 Å². The van der Waals surface area contributed by atoms with Crippen molar-refractivity contribution in [2.75, 3.05) is 0 Å². The van der Waals surface area contributed by atoms with Crippen molar-refractivity contribution >= 4 is 11.9 Å². The molecule has 6 nitrogen and oxygen atoms in total. The molecule has 1 aliphatic rings. The normalized spacial score (nSPS) is 22.2. The van der Waals surface area contributed by atoms with E-state index in [0.717, 1.165) is 19.4 Å². The van der Waals surface area contributed by atoms with Crippen molar-refractivity contribution in [2.24, 2.45) is 11.8 Å². The third-order valence-corrected chi connectivity index (χ3v) is 3.86. The summed E-state index contributed by atoms with van der Waals surface area (Å²) in [4.78, 5) is 23.0.